The summed E-state index contributed by atoms with van der Waals surface area (Å²) in [6, 6.07) is 6.21. The first-order valence-corrected chi connectivity index (χ1v) is 14.2. The number of aromatic nitrogens is 2. The molecule has 1 saturated carbocycles. The minimum Gasteiger partial charge on any atom is -0.471 e. The first-order valence-electron chi connectivity index (χ1n) is 14.2. The summed E-state index contributed by atoms with van der Waals surface area (Å²) < 4.78 is 12.2. The Morgan fingerprint density at radius 3 is 2.44 bits per heavy atom. The third kappa shape index (κ3) is 5.87. The Labute approximate surface area is 230 Å². The lowest BCUT2D eigenvalue weighted by atomic mass is 9.85. The first-order chi connectivity index (χ1) is 18.5. The summed E-state index contributed by atoms with van der Waals surface area (Å²) in [6.45, 7) is 9.34. The van der Waals surface area contributed by atoms with Gasteiger partial charge in [-0.25, -0.2) is 14.8 Å². The molecule has 2 amide bonds. The van der Waals surface area contributed by atoms with Gasteiger partial charge in [-0.2, -0.15) is 0 Å². The van der Waals surface area contributed by atoms with E-state index in [0.29, 0.717) is 11.8 Å². The maximum absolute atomic E-state index is 14.0. The van der Waals surface area contributed by atoms with E-state index in [0.717, 1.165) is 55.3 Å². The van der Waals surface area contributed by atoms with Gasteiger partial charge in [-0.15, -0.1) is 0 Å². The average molecular weight is 537 g/mol. The topological polar surface area (TPSA) is 111 Å². The van der Waals surface area contributed by atoms with E-state index in [1.807, 2.05) is 52.0 Å². The first kappa shape index (κ1) is 27.3. The smallest absolute Gasteiger partial charge is 0.408 e. The number of nitrogens with one attached hydrogen (secondary N) is 1. The van der Waals surface area contributed by atoms with E-state index < -0.39 is 29.7 Å². The maximum atomic E-state index is 14.0. The summed E-state index contributed by atoms with van der Waals surface area (Å²) in [5.74, 6) is 0.138. The Morgan fingerprint density at radius 1 is 1.03 bits per heavy atom. The highest BCUT2D eigenvalue weighted by Gasteiger charge is 2.49. The highest BCUT2D eigenvalue weighted by atomic mass is 16.6. The molecule has 1 aliphatic carbocycles. The number of carbonyl (C=O) groups is 3. The quantitative estimate of drug-likeness (QED) is 0.573. The number of amides is 2. The van der Waals surface area contributed by atoms with E-state index in [1.165, 1.54) is 6.92 Å². The molecule has 5 rings (SSSR count). The van der Waals surface area contributed by atoms with Crippen molar-refractivity contribution < 1.29 is 23.9 Å². The molecule has 0 spiro atoms. The number of rotatable bonds is 1. The number of benzene rings is 1. The Kier molecular flexibility index (Phi) is 7.53. The zero-order valence-corrected chi connectivity index (χ0v) is 23.6. The number of hydrogen-bond donors (Lipinski definition) is 1. The fraction of sp³-hybridized carbons (Fsp3) is 0.633. The van der Waals surface area contributed by atoms with Crippen LogP contribution in [-0.4, -0.2) is 63.5 Å². The molecule has 1 saturated heterocycles. The van der Waals surface area contributed by atoms with Crippen LogP contribution < -0.4 is 10.1 Å². The summed E-state index contributed by atoms with van der Waals surface area (Å²) in [5, 5.41) is 2.83. The van der Waals surface area contributed by atoms with Crippen molar-refractivity contribution in [3.63, 3.8) is 0 Å². The van der Waals surface area contributed by atoms with Crippen LogP contribution in [0, 0.1) is 17.3 Å². The molecule has 3 heterocycles. The molecule has 3 aliphatic rings. The summed E-state index contributed by atoms with van der Waals surface area (Å²) in [4.78, 5) is 51.0. The Balaban J connectivity index is 1.50. The van der Waals surface area contributed by atoms with Crippen molar-refractivity contribution in [3.05, 3.63) is 30.0 Å². The van der Waals surface area contributed by atoms with Crippen molar-refractivity contribution >= 4 is 28.8 Å². The van der Waals surface area contributed by atoms with Gasteiger partial charge in [0.15, 0.2) is 5.78 Å². The molecule has 210 valence electrons. The number of fused-ring (bicyclic) bond motifs is 5. The number of hydrogen-bond acceptors (Lipinski definition) is 7. The SMILES string of the molecule is CC(=O)[C@@H]1[C@H](C)[C@@H]2CN1C(=O)[C@H](C(C)(C)C)NC(=O)O[C@@H]1C[C@H]1CCCCCc1nc3ccccc3nc1O2. The largest absolute Gasteiger partial charge is 0.471 e. The van der Waals surface area contributed by atoms with Gasteiger partial charge in [0.2, 0.25) is 11.8 Å². The molecule has 0 radical (unpaired) electrons. The van der Waals surface area contributed by atoms with Crippen molar-refractivity contribution in [1.82, 2.24) is 20.2 Å². The van der Waals surface area contributed by atoms with Crippen LogP contribution >= 0.6 is 0 Å². The van der Waals surface area contributed by atoms with Gasteiger partial charge in [0.25, 0.3) is 0 Å². The van der Waals surface area contributed by atoms with Gasteiger partial charge in [-0.3, -0.25) is 9.59 Å². The molecular formula is C30H40N4O5. The molecule has 6 atom stereocenters. The molecular weight excluding hydrogens is 496 g/mol. The van der Waals surface area contributed by atoms with Crippen molar-refractivity contribution in [1.29, 1.82) is 0 Å². The number of aryl methyl sites for hydroxylation is 1. The van der Waals surface area contributed by atoms with Gasteiger partial charge < -0.3 is 19.7 Å². The van der Waals surface area contributed by atoms with Crippen molar-refractivity contribution in [3.8, 4) is 5.88 Å². The average Bonchev–Trinajstić information content (AvgIpc) is 3.52. The third-order valence-corrected chi connectivity index (χ3v) is 8.35. The summed E-state index contributed by atoms with van der Waals surface area (Å²) in [6.07, 6.45) is 4.47. The molecule has 0 unspecified atom stereocenters. The Morgan fingerprint density at radius 2 is 1.74 bits per heavy atom. The fourth-order valence-electron chi connectivity index (χ4n) is 5.99. The monoisotopic (exact) mass is 536 g/mol. The van der Waals surface area contributed by atoms with E-state index in [4.69, 9.17) is 19.4 Å². The van der Waals surface area contributed by atoms with Crippen LogP contribution in [0.5, 0.6) is 5.88 Å². The number of nitrogens with zero attached hydrogens (tertiary/aromatic N) is 3. The molecule has 1 aromatic carbocycles. The number of ketones is 1. The van der Waals surface area contributed by atoms with Gasteiger partial charge in [-0.1, -0.05) is 52.7 Å². The minimum absolute atomic E-state index is 0.105. The zero-order valence-electron chi connectivity index (χ0n) is 23.6. The fourth-order valence-corrected chi connectivity index (χ4v) is 5.99. The van der Waals surface area contributed by atoms with Crippen molar-refractivity contribution in [2.75, 3.05) is 6.54 Å². The maximum Gasteiger partial charge on any atom is 0.408 e. The van der Waals surface area contributed by atoms with Crippen LogP contribution in [0.2, 0.25) is 0 Å². The molecule has 1 N–H and O–H groups in total. The summed E-state index contributed by atoms with van der Waals surface area (Å²) >= 11 is 0. The standard InChI is InChI=1S/C30H40N4O5/c1-17-24-16-34(25(17)18(2)35)28(36)26(30(3,4)5)33-29(37)39-23-15-19(23)11-7-6-8-14-22-27(38-24)32-21-13-10-9-12-20(21)31-22/h9-10,12-13,17,19,23-26H,6-8,11,14-16H2,1-5H3,(H,33,37)/t17-,19-,23-,24+,25+,26-/m1/s1. The molecule has 2 fully saturated rings. The van der Waals surface area contributed by atoms with Crippen LogP contribution in [0.25, 0.3) is 11.0 Å². The van der Waals surface area contributed by atoms with E-state index >= 15 is 0 Å². The third-order valence-electron chi connectivity index (χ3n) is 8.35. The van der Waals surface area contributed by atoms with E-state index in [-0.39, 0.29) is 30.3 Å². The van der Waals surface area contributed by atoms with Gasteiger partial charge in [0.05, 0.1) is 23.6 Å². The number of Topliss-reactive ketones (excluding diaryl/α,β-unsaturated/α-hetero) is 1. The molecule has 9 nitrogen and oxygen atoms in total. The molecule has 39 heavy (non-hydrogen) atoms. The number of alkyl carbamates (subject to hydrolysis) is 1. The molecule has 2 aliphatic heterocycles. The molecule has 9 heteroatoms. The normalized spacial score (nSPS) is 30.2. The van der Waals surface area contributed by atoms with Crippen molar-refractivity contribution in [2.24, 2.45) is 17.3 Å². The molecule has 2 bridgehead atoms. The Hall–Kier alpha value is -3.23. The van der Waals surface area contributed by atoms with Gasteiger partial charge in [-0.05, 0) is 56.1 Å². The summed E-state index contributed by atoms with van der Waals surface area (Å²) in [7, 11) is 0. The van der Waals surface area contributed by atoms with Gasteiger partial charge in [0.1, 0.15) is 23.9 Å². The lowest BCUT2D eigenvalue weighted by molar-refractivity contribution is -0.141. The van der Waals surface area contributed by atoms with Crippen LogP contribution in [0.4, 0.5) is 4.79 Å². The minimum atomic E-state index is -0.857. The van der Waals surface area contributed by atoms with Gasteiger partial charge in [0, 0.05) is 5.92 Å². The lowest BCUT2D eigenvalue weighted by Crippen LogP contribution is -2.57. The van der Waals surface area contributed by atoms with E-state index in [1.54, 1.807) is 4.90 Å². The highest BCUT2D eigenvalue weighted by Crippen LogP contribution is 2.39. The highest BCUT2D eigenvalue weighted by molar-refractivity contribution is 5.92. The van der Waals surface area contributed by atoms with Crippen LogP contribution in [0.1, 0.15) is 72.4 Å². The molecule has 2 aromatic rings. The van der Waals surface area contributed by atoms with Crippen molar-refractivity contribution in [2.45, 2.75) is 97.4 Å². The van der Waals surface area contributed by atoms with Crippen LogP contribution in [0.3, 0.4) is 0 Å². The zero-order chi connectivity index (χ0) is 27.9. The van der Waals surface area contributed by atoms with E-state index in [9.17, 15) is 14.4 Å². The molecule has 1 aromatic heterocycles. The number of carbonyl (C=O) groups excluding carboxylic acids is 3. The summed E-state index contributed by atoms with van der Waals surface area (Å²) in [5.41, 5.74) is 1.77. The second-order valence-electron chi connectivity index (χ2n) is 12.5. The Bertz CT molecular complexity index is 1260. The second kappa shape index (κ2) is 10.7. The second-order valence-corrected chi connectivity index (χ2v) is 12.5. The predicted molar refractivity (Wildman–Crippen MR) is 146 cm³/mol. The predicted octanol–water partition coefficient (Wildman–Crippen LogP) is 4.46. The van der Waals surface area contributed by atoms with Crippen LogP contribution in [0.15, 0.2) is 24.3 Å². The van der Waals surface area contributed by atoms with E-state index in [2.05, 4.69) is 5.32 Å². The van der Waals surface area contributed by atoms with Crippen LogP contribution in [-0.2, 0) is 20.7 Å². The van der Waals surface area contributed by atoms with Gasteiger partial charge >= 0.3 is 6.09 Å². The number of para-hydroxylation sites is 2. The lowest BCUT2D eigenvalue weighted by Gasteiger charge is -2.35. The number of ether oxygens (including phenoxy) is 2.